The first kappa shape index (κ1) is 23.2. The molecule has 1 aromatic carbocycles. The van der Waals surface area contributed by atoms with E-state index in [0.717, 1.165) is 49.1 Å². The minimum atomic E-state index is -1.08. The summed E-state index contributed by atoms with van der Waals surface area (Å²) in [5.74, 6) is -3.20. The van der Waals surface area contributed by atoms with Gasteiger partial charge in [-0.1, -0.05) is 18.5 Å². The van der Waals surface area contributed by atoms with Gasteiger partial charge in [-0.2, -0.15) is 0 Å². The molecule has 3 atom stereocenters. The number of hydrogen-bond acceptors (Lipinski definition) is 4. The first-order chi connectivity index (χ1) is 15.7. The minimum absolute atomic E-state index is 0.0703. The van der Waals surface area contributed by atoms with Gasteiger partial charge < -0.3 is 11.1 Å². The summed E-state index contributed by atoms with van der Waals surface area (Å²) >= 11 is 5.65. The standard InChI is InChI=1S/C24H22ClF3N4O/c1-12-6-13(8-15(29)7-12)16-4-5-30-11-21(16)32-24(33)20-3-2-17(26)23(31-20)22-18(27)9-14(25)10-19(22)28/h2-5,9-13,15H,6-8,29H2,1H3,(H,32,33)/t12-,13+,15-/m0/s1. The summed E-state index contributed by atoms with van der Waals surface area (Å²) in [6.07, 6.45) is 5.83. The first-order valence-corrected chi connectivity index (χ1v) is 10.9. The predicted octanol–water partition coefficient (Wildman–Crippen LogP) is 5.70. The Morgan fingerprint density at radius 2 is 1.82 bits per heavy atom. The fourth-order valence-electron chi connectivity index (χ4n) is 4.47. The van der Waals surface area contributed by atoms with Crippen LogP contribution in [0.1, 0.15) is 48.2 Å². The highest BCUT2D eigenvalue weighted by Gasteiger charge is 2.28. The fraction of sp³-hybridized carbons (Fsp3) is 0.292. The maximum absolute atomic E-state index is 14.4. The van der Waals surface area contributed by atoms with Crippen LogP contribution in [-0.2, 0) is 0 Å². The Morgan fingerprint density at radius 3 is 2.52 bits per heavy atom. The maximum atomic E-state index is 14.4. The normalized spacial score (nSPS) is 20.5. The van der Waals surface area contributed by atoms with Crippen molar-refractivity contribution in [1.82, 2.24) is 9.97 Å². The number of pyridine rings is 2. The number of rotatable bonds is 4. The summed E-state index contributed by atoms with van der Waals surface area (Å²) in [6, 6.07) is 5.70. The molecule has 5 nitrogen and oxygen atoms in total. The van der Waals surface area contributed by atoms with Gasteiger partial charge in [0.25, 0.3) is 5.91 Å². The number of anilines is 1. The molecule has 33 heavy (non-hydrogen) atoms. The Bertz CT molecular complexity index is 1170. The Hall–Kier alpha value is -2.97. The summed E-state index contributed by atoms with van der Waals surface area (Å²) in [5.41, 5.74) is 6.07. The zero-order valence-electron chi connectivity index (χ0n) is 17.8. The molecule has 0 saturated heterocycles. The molecule has 172 valence electrons. The van der Waals surface area contributed by atoms with E-state index < -0.39 is 34.6 Å². The predicted molar refractivity (Wildman–Crippen MR) is 120 cm³/mol. The highest BCUT2D eigenvalue weighted by molar-refractivity contribution is 6.30. The molecule has 4 rings (SSSR count). The van der Waals surface area contributed by atoms with Crippen molar-refractivity contribution in [2.24, 2.45) is 11.7 Å². The lowest BCUT2D eigenvalue weighted by atomic mass is 9.76. The second kappa shape index (κ2) is 9.49. The van der Waals surface area contributed by atoms with Crippen LogP contribution >= 0.6 is 11.6 Å². The van der Waals surface area contributed by atoms with E-state index in [1.54, 1.807) is 6.20 Å². The second-order valence-electron chi connectivity index (χ2n) is 8.46. The lowest BCUT2D eigenvalue weighted by Crippen LogP contribution is -2.31. The van der Waals surface area contributed by atoms with Crippen molar-refractivity contribution in [2.75, 3.05) is 5.32 Å². The number of amides is 1. The average molecular weight is 475 g/mol. The Morgan fingerprint density at radius 1 is 1.09 bits per heavy atom. The van der Waals surface area contributed by atoms with Crippen LogP contribution < -0.4 is 11.1 Å². The van der Waals surface area contributed by atoms with Gasteiger partial charge >= 0.3 is 0 Å². The summed E-state index contributed by atoms with van der Waals surface area (Å²) in [6.45, 7) is 2.14. The summed E-state index contributed by atoms with van der Waals surface area (Å²) in [7, 11) is 0. The van der Waals surface area contributed by atoms with Gasteiger partial charge in [-0.05, 0) is 67.0 Å². The zero-order valence-corrected chi connectivity index (χ0v) is 18.5. The molecule has 0 aliphatic heterocycles. The molecular weight excluding hydrogens is 453 g/mol. The van der Waals surface area contributed by atoms with Crippen molar-refractivity contribution in [3.63, 3.8) is 0 Å². The van der Waals surface area contributed by atoms with E-state index in [2.05, 4.69) is 22.2 Å². The molecule has 0 radical (unpaired) electrons. The lowest BCUT2D eigenvalue weighted by Gasteiger charge is -2.32. The smallest absolute Gasteiger partial charge is 0.274 e. The van der Waals surface area contributed by atoms with Gasteiger partial charge in [0.2, 0.25) is 0 Å². The van der Waals surface area contributed by atoms with Gasteiger partial charge in [0.1, 0.15) is 28.8 Å². The monoisotopic (exact) mass is 474 g/mol. The summed E-state index contributed by atoms with van der Waals surface area (Å²) in [4.78, 5) is 20.9. The molecule has 0 spiro atoms. The second-order valence-corrected chi connectivity index (χ2v) is 8.89. The Balaban J connectivity index is 1.64. The maximum Gasteiger partial charge on any atom is 0.274 e. The third kappa shape index (κ3) is 5.02. The van der Waals surface area contributed by atoms with Crippen molar-refractivity contribution >= 4 is 23.2 Å². The van der Waals surface area contributed by atoms with Crippen molar-refractivity contribution < 1.29 is 18.0 Å². The zero-order chi connectivity index (χ0) is 23.7. The van der Waals surface area contributed by atoms with Crippen molar-refractivity contribution in [3.8, 4) is 11.3 Å². The minimum Gasteiger partial charge on any atom is -0.328 e. The van der Waals surface area contributed by atoms with Gasteiger partial charge in [0.15, 0.2) is 0 Å². The molecular formula is C24H22ClF3N4O. The number of nitrogens with two attached hydrogens (primary N) is 1. The SMILES string of the molecule is C[C@@H]1C[C@H](N)C[C@H](c2ccncc2NC(=O)c2ccc(F)c(-c3c(F)cc(Cl)cc3F)n2)C1. The number of benzene rings is 1. The molecule has 1 amide bonds. The van der Waals surface area contributed by atoms with Crippen molar-refractivity contribution in [1.29, 1.82) is 0 Å². The molecule has 1 fully saturated rings. The van der Waals surface area contributed by atoms with E-state index in [1.165, 1.54) is 6.20 Å². The lowest BCUT2D eigenvalue weighted by molar-refractivity contribution is 0.102. The fourth-order valence-corrected chi connectivity index (χ4v) is 4.67. The van der Waals surface area contributed by atoms with Crippen LogP contribution in [0, 0.1) is 23.4 Å². The number of hydrogen-bond donors (Lipinski definition) is 2. The molecule has 1 aliphatic rings. The van der Waals surface area contributed by atoms with Gasteiger partial charge in [0, 0.05) is 17.3 Å². The third-order valence-electron chi connectivity index (χ3n) is 5.84. The topological polar surface area (TPSA) is 80.9 Å². The van der Waals surface area contributed by atoms with Gasteiger partial charge in [-0.25, -0.2) is 18.2 Å². The number of carbonyl (C=O) groups is 1. The van der Waals surface area contributed by atoms with Gasteiger partial charge in [-0.15, -0.1) is 0 Å². The average Bonchev–Trinajstić information content (AvgIpc) is 2.74. The van der Waals surface area contributed by atoms with Crippen LogP contribution in [0.4, 0.5) is 18.9 Å². The van der Waals surface area contributed by atoms with E-state index in [1.807, 2.05) is 6.07 Å². The molecule has 0 unspecified atom stereocenters. The molecule has 2 aromatic heterocycles. The number of halogens is 4. The highest BCUT2D eigenvalue weighted by Crippen LogP contribution is 2.38. The number of aromatic nitrogens is 2. The number of carbonyl (C=O) groups excluding carboxylic acids is 1. The van der Waals surface area contributed by atoms with Crippen molar-refractivity contribution in [2.45, 2.75) is 38.1 Å². The van der Waals surface area contributed by atoms with E-state index in [-0.39, 0.29) is 22.7 Å². The van der Waals surface area contributed by atoms with Crippen LogP contribution in [0.15, 0.2) is 42.7 Å². The largest absolute Gasteiger partial charge is 0.328 e. The molecule has 1 aliphatic carbocycles. The molecule has 2 heterocycles. The summed E-state index contributed by atoms with van der Waals surface area (Å²) < 4.78 is 43.1. The van der Waals surface area contributed by atoms with Crippen molar-refractivity contribution in [3.05, 3.63) is 76.5 Å². The molecule has 0 bridgehead atoms. The van der Waals surface area contributed by atoms with E-state index >= 15 is 0 Å². The van der Waals surface area contributed by atoms with E-state index in [0.29, 0.717) is 11.6 Å². The number of nitrogens with one attached hydrogen (secondary N) is 1. The van der Waals surface area contributed by atoms with Gasteiger partial charge in [0.05, 0.1) is 17.4 Å². The molecule has 1 saturated carbocycles. The molecule has 3 N–H and O–H groups in total. The van der Waals surface area contributed by atoms with Crippen LogP contribution in [0.3, 0.4) is 0 Å². The van der Waals surface area contributed by atoms with Crippen LogP contribution in [0.25, 0.3) is 11.3 Å². The first-order valence-electron chi connectivity index (χ1n) is 10.5. The highest BCUT2D eigenvalue weighted by atomic mass is 35.5. The van der Waals surface area contributed by atoms with Gasteiger partial charge in [-0.3, -0.25) is 9.78 Å². The van der Waals surface area contributed by atoms with E-state index in [4.69, 9.17) is 17.3 Å². The Kier molecular flexibility index (Phi) is 6.67. The van der Waals surface area contributed by atoms with E-state index in [9.17, 15) is 18.0 Å². The summed E-state index contributed by atoms with van der Waals surface area (Å²) in [5, 5.41) is 2.58. The number of nitrogens with zero attached hydrogens (tertiary/aromatic N) is 2. The van der Waals surface area contributed by atoms with Crippen LogP contribution in [0.5, 0.6) is 0 Å². The molecule has 3 aromatic rings. The third-order valence-corrected chi connectivity index (χ3v) is 6.06. The van der Waals surface area contributed by atoms with Crippen LogP contribution in [0.2, 0.25) is 5.02 Å². The molecule has 9 heteroatoms. The quantitative estimate of drug-likeness (QED) is 0.508. The Labute approximate surface area is 194 Å². The van der Waals surface area contributed by atoms with Crippen LogP contribution in [-0.4, -0.2) is 21.9 Å².